The Hall–Kier alpha value is -1.90. The van der Waals surface area contributed by atoms with Gasteiger partial charge in [-0.1, -0.05) is 18.2 Å². The van der Waals surface area contributed by atoms with Crippen LogP contribution in [-0.2, 0) is 22.3 Å². The van der Waals surface area contributed by atoms with E-state index >= 15 is 0 Å². The molecule has 28 heavy (non-hydrogen) atoms. The Balaban J connectivity index is 2.16. The molecule has 5 nitrogen and oxygen atoms in total. The summed E-state index contributed by atoms with van der Waals surface area (Å²) in [7, 11) is 0. The summed E-state index contributed by atoms with van der Waals surface area (Å²) in [4.78, 5) is 26.6. The minimum absolute atomic E-state index is 0.0318. The van der Waals surface area contributed by atoms with Gasteiger partial charge in [0.25, 0.3) is 0 Å². The number of thioether (sulfide) groups is 1. The summed E-state index contributed by atoms with van der Waals surface area (Å²) < 4.78 is 44.2. The fraction of sp³-hybridized carbons (Fsp3) is 0.579. The lowest BCUT2D eigenvalue weighted by Gasteiger charge is -2.31. The SMILES string of the molecule is CC(C)(C)OC(=O)N1CSC(C)(C)[C@H]1C(=O)NCc1ccccc1C(F)(F)F. The van der Waals surface area contributed by atoms with E-state index in [0.29, 0.717) is 0 Å². The molecule has 1 atom stereocenters. The Labute approximate surface area is 167 Å². The predicted octanol–water partition coefficient (Wildman–Crippen LogP) is 4.41. The summed E-state index contributed by atoms with van der Waals surface area (Å²) in [6, 6.07) is 4.23. The van der Waals surface area contributed by atoms with Crippen LogP contribution in [0.25, 0.3) is 0 Å². The van der Waals surface area contributed by atoms with Crippen molar-refractivity contribution in [2.24, 2.45) is 0 Å². The zero-order valence-electron chi connectivity index (χ0n) is 16.5. The van der Waals surface area contributed by atoms with Gasteiger partial charge in [0.15, 0.2) is 0 Å². The van der Waals surface area contributed by atoms with Crippen LogP contribution in [0.2, 0.25) is 0 Å². The third kappa shape index (κ3) is 5.33. The molecular weight excluding hydrogens is 393 g/mol. The van der Waals surface area contributed by atoms with Crippen molar-refractivity contribution >= 4 is 23.8 Å². The predicted molar refractivity (Wildman–Crippen MR) is 102 cm³/mol. The highest BCUT2D eigenvalue weighted by molar-refractivity contribution is 8.00. The van der Waals surface area contributed by atoms with Crippen molar-refractivity contribution < 1.29 is 27.5 Å². The first-order valence-electron chi connectivity index (χ1n) is 8.79. The van der Waals surface area contributed by atoms with Crippen LogP contribution >= 0.6 is 11.8 Å². The van der Waals surface area contributed by atoms with Crippen LogP contribution in [0.1, 0.15) is 45.7 Å². The van der Waals surface area contributed by atoms with Gasteiger partial charge in [0.1, 0.15) is 11.6 Å². The van der Waals surface area contributed by atoms with E-state index in [9.17, 15) is 22.8 Å². The van der Waals surface area contributed by atoms with Gasteiger partial charge in [-0.2, -0.15) is 13.2 Å². The Morgan fingerprint density at radius 1 is 1.25 bits per heavy atom. The third-order valence-corrected chi connectivity index (χ3v) is 5.57. The molecule has 2 amide bonds. The lowest BCUT2D eigenvalue weighted by Crippen LogP contribution is -2.54. The van der Waals surface area contributed by atoms with Crippen molar-refractivity contribution in [1.82, 2.24) is 10.2 Å². The molecule has 0 spiro atoms. The summed E-state index contributed by atoms with van der Waals surface area (Å²) in [5.74, 6) is -0.253. The number of ether oxygens (including phenoxy) is 1. The highest BCUT2D eigenvalue weighted by Crippen LogP contribution is 2.40. The van der Waals surface area contributed by atoms with Gasteiger partial charge in [0, 0.05) is 11.3 Å². The van der Waals surface area contributed by atoms with Crippen molar-refractivity contribution in [2.75, 3.05) is 5.88 Å². The van der Waals surface area contributed by atoms with E-state index in [2.05, 4.69) is 5.32 Å². The number of hydrogen-bond donors (Lipinski definition) is 1. The first-order chi connectivity index (χ1) is 12.7. The summed E-state index contributed by atoms with van der Waals surface area (Å²) in [5.41, 5.74) is -1.55. The number of nitrogens with one attached hydrogen (secondary N) is 1. The molecule has 1 aliphatic rings. The number of hydrogen-bond acceptors (Lipinski definition) is 4. The van der Waals surface area contributed by atoms with Crippen LogP contribution in [0.15, 0.2) is 24.3 Å². The van der Waals surface area contributed by atoms with Crippen LogP contribution < -0.4 is 5.32 Å². The molecule has 2 rings (SSSR count). The van der Waals surface area contributed by atoms with Crippen molar-refractivity contribution in [2.45, 2.75) is 63.7 Å². The molecule has 0 bridgehead atoms. The van der Waals surface area contributed by atoms with Gasteiger partial charge in [-0.25, -0.2) is 4.79 Å². The lowest BCUT2D eigenvalue weighted by atomic mass is 10.0. The minimum Gasteiger partial charge on any atom is -0.444 e. The highest BCUT2D eigenvalue weighted by atomic mass is 32.2. The zero-order chi connectivity index (χ0) is 21.3. The number of amides is 2. The van der Waals surface area contributed by atoms with Gasteiger partial charge in [0.2, 0.25) is 5.91 Å². The standard InChI is InChI=1S/C19H25F3N2O3S/c1-17(2,3)27-16(26)24-11-28-18(4,5)14(24)15(25)23-10-12-8-6-7-9-13(12)19(20,21)22/h6-9,14H,10-11H2,1-5H3,(H,23,25)/t14-/m1/s1. The Morgan fingerprint density at radius 2 is 1.86 bits per heavy atom. The Bertz CT molecular complexity index is 745. The van der Waals surface area contributed by atoms with Crippen LogP contribution in [-0.4, -0.2) is 39.2 Å². The monoisotopic (exact) mass is 418 g/mol. The number of alkyl halides is 3. The maximum absolute atomic E-state index is 13.1. The second-order valence-corrected chi connectivity index (χ2v) is 9.70. The number of rotatable bonds is 3. The van der Waals surface area contributed by atoms with Gasteiger partial charge in [-0.05, 0) is 46.2 Å². The van der Waals surface area contributed by atoms with Crippen molar-refractivity contribution in [3.05, 3.63) is 35.4 Å². The highest BCUT2D eigenvalue weighted by Gasteiger charge is 2.49. The summed E-state index contributed by atoms with van der Waals surface area (Å²) >= 11 is 1.41. The molecule has 1 N–H and O–H groups in total. The molecule has 9 heteroatoms. The lowest BCUT2D eigenvalue weighted by molar-refractivity contribution is -0.138. The van der Waals surface area contributed by atoms with E-state index in [4.69, 9.17) is 4.74 Å². The third-order valence-electron chi connectivity index (χ3n) is 4.20. The van der Waals surface area contributed by atoms with Gasteiger partial charge in [0.05, 0.1) is 11.4 Å². The van der Waals surface area contributed by atoms with Crippen LogP contribution in [0.4, 0.5) is 18.0 Å². The second kappa shape index (κ2) is 7.85. The number of carbonyl (C=O) groups excluding carboxylic acids is 2. The molecule has 0 radical (unpaired) electrons. The average Bonchev–Trinajstić information content (AvgIpc) is 2.86. The molecule has 1 aromatic rings. The molecule has 0 aliphatic carbocycles. The van der Waals surface area contributed by atoms with E-state index in [0.717, 1.165) is 6.07 Å². The zero-order valence-corrected chi connectivity index (χ0v) is 17.3. The first kappa shape index (κ1) is 22.4. The second-order valence-electron chi connectivity index (χ2n) is 8.10. The molecule has 0 aromatic heterocycles. The van der Waals surface area contributed by atoms with Crippen LogP contribution in [0.3, 0.4) is 0 Å². The minimum atomic E-state index is -4.51. The quantitative estimate of drug-likeness (QED) is 0.790. The number of benzene rings is 1. The fourth-order valence-corrected chi connectivity index (χ4v) is 4.05. The topological polar surface area (TPSA) is 58.6 Å². The molecular formula is C19H25F3N2O3S. The summed E-state index contributed by atoms with van der Waals surface area (Å²) in [6.07, 6.45) is -5.13. The van der Waals surface area contributed by atoms with Crippen LogP contribution in [0.5, 0.6) is 0 Å². The number of nitrogens with zero attached hydrogens (tertiary/aromatic N) is 1. The first-order valence-corrected chi connectivity index (χ1v) is 9.77. The molecule has 0 saturated carbocycles. The van der Waals surface area contributed by atoms with Crippen LogP contribution in [0, 0.1) is 0 Å². The van der Waals surface area contributed by atoms with Gasteiger partial charge in [-0.3, -0.25) is 9.69 Å². The fourth-order valence-electron chi connectivity index (χ4n) is 2.93. The van der Waals surface area contributed by atoms with Crippen molar-refractivity contribution in [3.63, 3.8) is 0 Å². The van der Waals surface area contributed by atoms with E-state index < -0.39 is 40.1 Å². The molecule has 1 aromatic carbocycles. The van der Waals surface area contributed by atoms with Gasteiger partial charge >= 0.3 is 12.3 Å². The largest absolute Gasteiger partial charge is 0.444 e. The Kier molecular flexibility index (Phi) is 6.28. The maximum Gasteiger partial charge on any atom is 0.416 e. The Morgan fingerprint density at radius 3 is 2.43 bits per heavy atom. The summed E-state index contributed by atoms with van der Waals surface area (Å²) in [6.45, 7) is 8.52. The smallest absolute Gasteiger partial charge is 0.416 e. The van der Waals surface area contributed by atoms with Crippen molar-refractivity contribution in [1.29, 1.82) is 0 Å². The van der Waals surface area contributed by atoms with Gasteiger partial charge in [-0.15, -0.1) is 11.8 Å². The van der Waals surface area contributed by atoms with E-state index in [1.54, 1.807) is 20.8 Å². The van der Waals surface area contributed by atoms with Crippen molar-refractivity contribution in [3.8, 4) is 0 Å². The maximum atomic E-state index is 13.1. The van der Waals surface area contributed by atoms with E-state index in [1.807, 2.05) is 13.8 Å². The molecule has 1 heterocycles. The molecule has 1 fully saturated rings. The summed E-state index contributed by atoms with van der Waals surface area (Å²) in [5, 5.41) is 2.55. The van der Waals surface area contributed by atoms with E-state index in [1.165, 1.54) is 34.9 Å². The number of halogens is 3. The van der Waals surface area contributed by atoms with E-state index in [-0.39, 0.29) is 18.0 Å². The average molecular weight is 418 g/mol. The molecule has 1 aliphatic heterocycles. The molecule has 1 saturated heterocycles. The molecule has 0 unspecified atom stereocenters. The van der Waals surface area contributed by atoms with Gasteiger partial charge < -0.3 is 10.1 Å². The number of carbonyl (C=O) groups is 2. The normalized spacial score (nSPS) is 19.4. The molecule has 156 valence electrons.